The van der Waals surface area contributed by atoms with Gasteiger partial charge in [0, 0.05) is 22.7 Å². The molecule has 0 aliphatic rings. The Morgan fingerprint density at radius 2 is 2.14 bits per heavy atom. The summed E-state index contributed by atoms with van der Waals surface area (Å²) in [4.78, 5) is 5.68. The van der Waals surface area contributed by atoms with E-state index in [0.29, 0.717) is 6.04 Å². The van der Waals surface area contributed by atoms with Gasteiger partial charge in [0.1, 0.15) is 10.8 Å². The van der Waals surface area contributed by atoms with Crippen molar-refractivity contribution in [1.29, 1.82) is 0 Å². The average molecular weight is 302 g/mol. The number of hydrogen-bond acceptors (Lipinski definition) is 4. The number of aromatic nitrogens is 1. The van der Waals surface area contributed by atoms with Crippen molar-refractivity contribution in [3.8, 4) is 5.75 Å². The lowest BCUT2D eigenvalue weighted by Crippen LogP contribution is -2.20. The molecule has 0 aliphatic heterocycles. The molecule has 0 spiro atoms. The second-order valence-electron chi connectivity index (χ2n) is 4.85. The number of hydrogen-bond donors (Lipinski definition) is 1. The molecule has 0 aliphatic carbocycles. The highest BCUT2D eigenvalue weighted by Gasteiger charge is 2.12. The molecule has 1 N–H and O–H groups in total. The van der Waals surface area contributed by atoms with E-state index >= 15 is 0 Å². The van der Waals surface area contributed by atoms with Gasteiger partial charge in [0.2, 0.25) is 0 Å². The molecule has 1 unspecified atom stereocenters. The molecule has 0 bridgehead atoms. The van der Waals surface area contributed by atoms with E-state index in [0.717, 1.165) is 28.6 Å². The van der Waals surface area contributed by atoms with E-state index in [-0.39, 0.29) is 0 Å². The SMILES string of the molecule is CCCNC(C)c1cccnc1Sc1cccc(OC)c1. The Labute approximate surface area is 131 Å². The summed E-state index contributed by atoms with van der Waals surface area (Å²) in [7, 11) is 1.69. The van der Waals surface area contributed by atoms with Crippen molar-refractivity contribution in [2.24, 2.45) is 0 Å². The van der Waals surface area contributed by atoms with Gasteiger partial charge in [-0.3, -0.25) is 0 Å². The van der Waals surface area contributed by atoms with Gasteiger partial charge >= 0.3 is 0 Å². The molecule has 1 aromatic carbocycles. The van der Waals surface area contributed by atoms with Crippen molar-refractivity contribution in [3.05, 3.63) is 48.2 Å². The van der Waals surface area contributed by atoms with Crippen LogP contribution in [0.5, 0.6) is 5.75 Å². The summed E-state index contributed by atoms with van der Waals surface area (Å²) in [6.45, 7) is 5.37. The number of rotatable bonds is 7. The van der Waals surface area contributed by atoms with Gasteiger partial charge in [0.05, 0.1) is 7.11 Å². The molecule has 1 heterocycles. The Balaban J connectivity index is 2.19. The van der Waals surface area contributed by atoms with Crippen molar-refractivity contribution in [1.82, 2.24) is 10.3 Å². The lowest BCUT2D eigenvalue weighted by Gasteiger charge is -2.16. The number of methoxy groups -OCH3 is 1. The maximum atomic E-state index is 5.28. The summed E-state index contributed by atoms with van der Waals surface area (Å²) in [6, 6.07) is 12.5. The molecule has 0 saturated heterocycles. The van der Waals surface area contributed by atoms with Crippen LogP contribution in [0.3, 0.4) is 0 Å². The number of nitrogens with one attached hydrogen (secondary N) is 1. The fourth-order valence-corrected chi connectivity index (χ4v) is 3.09. The van der Waals surface area contributed by atoms with Gasteiger partial charge in [-0.25, -0.2) is 4.98 Å². The van der Waals surface area contributed by atoms with Crippen molar-refractivity contribution in [3.63, 3.8) is 0 Å². The largest absolute Gasteiger partial charge is 0.497 e. The van der Waals surface area contributed by atoms with E-state index < -0.39 is 0 Å². The lowest BCUT2D eigenvalue weighted by atomic mass is 10.1. The molecule has 2 aromatic rings. The fourth-order valence-electron chi connectivity index (χ4n) is 2.07. The topological polar surface area (TPSA) is 34.2 Å². The monoisotopic (exact) mass is 302 g/mol. The highest BCUT2D eigenvalue weighted by molar-refractivity contribution is 7.99. The molecule has 0 saturated carbocycles. The third kappa shape index (κ3) is 4.48. The van der Waals surface area contributed by atoms with Gasteiger partial charge in [-0.1, -0.05) is 30.8 Å². The van der Waals surface area contributed by atoms with Crippen LogP contribution in [0.2, 0.25) is 0 Å². The summed E-state index contributed by atoms with van der Waals surface area (Å²) in [5.41, 5.74) is 1.23. The highest BCUT2D eigenvalue weighted by atomic mass is 32.2. The van der Waals surface area contributed by atoms with Crippen LogP contribution in [0.1, 0.15) is 31.9 Å². The van der Waals surface area contributed by atoms with Gasteiger partial charge < -0.3 is 10.1 Å². The zero-order valence-electron chi connectivity index (χ0n) is 12.8. The zero-order valence-corrected chi connectivity index (χ0v) is 13.6. The molecule has 4 heteroatoms. The number of ether oxygens (including phenoxy) is 1. The minimum absolute atomic E-state index is 0.298. The minimum atomic E-state index is 0.298. The Kier molecular flexibility index (Phi) is 6.08. The van der Waals surface area contributed by atoms with E-state index in [2.05, 4.69) is 36.3 Å². The fraction of sp³-hybridized carbons (Fsp3) is 0.353. The summed E-state index contributed by atoms with van der Waals surface area (Å²) < 4.78 is 5.28. The normalized spacial score (nSPS) is 12.1. The van der Waals surface area contributed by atoms with E-state index in [1.54, 1.807) is 18.9 Å². The highest BCUT2D eigenvalue weighted by Crippen LogP contribution is 2.33. The molecule has 0 amide bonds. The first kappa shape index (κ1) is 15.9. The molecular formula is C17H22N2OS. The minimum Gasteiger partial charge on any atom is -0.497 e. The van der Waals surface area contributed by atoms with Crippen LogP contribution >= 0.6 is 11.8 Å². The smallest absolute Gasteiger partial charge is 0.119 e. The maximum absolute atomic E-state index is 5.28. The zero-order chi connectivity index (χ0) is 15.1. The van der Waals surface area contributed by atoms with Gasteiger partial charge in [-0.2, -0.15) is 0 Å². The van der Waals surface area contributed by atoms with Crippen LogP contribution in [-0.2, 0) is 0 Å². The van der Waals surface area contributed by atoms with Crippen molar-refractivity contribution in [2.75, 3.05) is 13.7 Å². The average Bonchev–Trinajstić information content (AvgIpc) is 2.53. The van der Waals surface area contributed by atoms with Crippen LogP contribution in [0.25, 0.3) is 0 Å². The van der Waals surface area contributed by atoms with E-state index in [1.807, 2.05) is 30.5 Å². The first-order valence-corrected chi connectivity index (χ1v) is 8.06. The summed E-state index contributed by atoms with van der Waals surface area (Å²) in [5.74, 6) is 0.870. The van der Waals surface area contributed by atoms with Gasteiger partial charge in [0.15, 0.2) is 0 Å². The first-order valence-electron chi connectivity index (χ1n) is 7.24. The van der Waals surface area contributed by atoms with Gasteiger partial charge in [-0.15, -0.1) is 0 Å². The molecule has 1 aromatic heterocycles. The predicted octanol–water partition coefficient (Wildman–Crippen LogP) is 4.30. The summed E-state index contributed by atoms with van der Waals surface area (Å²) in [6.07, 6.45) is 2.97. The Morgan fingerprint density at radius 1 is 1.29 bits per heavy atom. The molecule has 21 heavy (non-hydrogen) atoms. The Morgan fingerprint density at radius 3 is 2.90 bits per heavy atom. The van der Waals surface area contributed by atoms with E-state index in [1.165, 1.54) is 5.56 Å². The lowest BCUT2D eigenvalue weighted by molar-refractivity contribution is 0.413. The van der Waals surface area contributed by atoms with Gasteiger partial charge in [0.25, 0.3) is 0 Å². The second kappa shape index (κ2) is 8.05. The van der Waals surface area contributed by atoms with Gasteiger partial charge in [-0.05, 0) is 44.2 Å². The summed E-state index contributed by atoms with van der Waals surface area (Å²) in [5, 5.41) is 4.56. The third-order valence-electron chi connectivity index (χ3n) is 3.22. The molecule has 0 radical (unpaired) electrons. The van der Waals surface area contributed by atoms with Crippen LogP contribution in [0.4, 0.5) is 0 Å². The van der Waals surface area contributed by atoms with Crippen molar-refractivity contribution >= 4 is 11.8 Å². The molecule has 1 atom stereocenters. The quantitative estimate of drug-likeness (QED) is 0.827. The molecule has 0 fully saturated rings. The Bertz CT molecular complexity index is 574. The standard InChI is InChI=1S/C17H22N2OS/c1-4-10-18-13(2)16-9-6-11-19-17(16)21-15-8-5-7-14(12-15)20-3/h5-9,11-13,18H,4,10H2,1-3H3. The van der Waals surface area contributed by atoms with E-state index in [9.17, 15) is 0 Å². The predicted molar refractivity (Wildman–Crippen MR) is 88.1 cm³/mol. The summed E-state index contributed by atoms with van der Waals surface area (Å²) >= 11 is 1.67. The van der Waals surface area contributed by atoms with Crippen molar-refractivity contribution < 1.29 is 4.74 Å². The second-order valence-corrected chi connectivity index (χ2v) is 5.92. The molecule has 112 valence electrons. The van der Waals surface area contributed by atoms with Crippen molar-refractivity contribution in [2.45, 2.75) is 36.2 Å². The number of pyridine rings is 1. The third-order valence-corrected chi connectivity index (χ3v) is 4.25. The molecule has 3 nitrogen and oxygen atoms in total. The maximum Gasteiger partial charge on any atom is 0.119 e. The molecule has 2 rings (SSSR count). The van der Waals surface area contributed by atoms with Crippen LogP contribution in [0, 0.1) is 0 Å². The Hall–Kier alpha value is -1.52. The first-order chi connectivity index (χ1) is 10.2. The van der Waals surface area contributed by atoms with E-state index in [4.69, 9.17) is 4.74 Å². The number of benzene rings is 1. The van der Waals surface area contributed by atoms with Crippen LogP contribution < -0.4 is 10.1 Å². The van der Waals surface area contributed by atoms with Crippen LogP contribution in [0.15, 0.2) is 52.5 Å². The molecular weight excluding hydrogens is 280 g/mol. The van der Waals surface area contributed by atoms with Crippen LogP contribution in [-0.4, -0.2) is 18.6 Å². The number of nitrogens with zero attached hydrogens (tertiary/aromatic N) is 1.